The number of nitrogens with one attached hydrogen (secondary N) is 1. The molecule has 1 aliphatic rings. The Morgan fingerprint density at radius 2 is 1.92 bits per heavy atom. The molecule has 5 nitrogen and oxygen atoms in total. The van der Waals surface area contributed by atoms with Crippen molar-refractivity contribution in [1.82, 2.24) is 4.72 Å². The van der Waals surface area contributed by atoms with E-state index in [2.05, 4.69) is 4.18 Å². The van der Waals surface area contributed by atoms with E-state index in [9.17, 15) is 13.2 Å². The van der Waals surface area contributed by atoms with Gasteiger partial charge in [-0.2, -0.15) is 8.42 Å². The summed E-state index contributed by atoms with van der Waals surface area (Å²) in [6.45, 7) is 1.39. The fourth-order valence-electron chi connectivity index (χ4n) is 0.555. The van der Waals surface area contributed by atoms with Crippen molar-refractivity contribution in [2.75, 3.05) is 0 Å². The van der Waals surface area contributed by atoms with Crippen LogP contribution in [0.15, 0.2) is 11.8 Å². The summed E-state index contributed by atoms with van der Waals surface area (Å²) in [6, 6.07) is 0. The maximum atomic E-state index is 10.5. The summed E-state index contributed by atoms with van der Waals surface area (Å²) in [5, 5.41) is 0. The number of rotatable bonds is 0. The van der Waals surface area contributed by atoms with Gasteiger partial charge >= 0.3 is 113 Å². The zero-order valence-corrected chi connectivity index (χ0v) is 5.94. The SMILES string of the molecule is CC1=CC(=O)NS(=O)(=O)O1.[KH].[KH]. The van der Waals surface area contributed by atoms with Crippen LogP contribution in [0.3, 0.4) is 0 Å². The molecule has 0 spiro atoms. The van der Waals surface area contributed by atoms with Gasteiger partial charge in [-0.05, 0) is 6.92 Å². The molecular weight excluding hydrogens is 236 g/mol. The molecule has 0 fully saturated rings. The van der Waals surface area contributed by atoms with Crippen molar-refractivity contribution in [2.45, 2.75) is 6.92 Å². The van der Waals surface area contributed by atoms with Crippen LogP contribution in [0.25, 0.3) is 0 Å². The van der Waals surface area contributed by atoms with Crippen molar-refractivity contribution >= 4 is 119 Å². The van der Waals surface area contributed by atoms with Crippen molar-refractivity contribution in [3.63, 3.8) is 0 Å². The number of carbonyl (C=O) groups excluding carboxylic acids is 1. The first-order chi connectivity index (χ1) is 4.49. The number of carbonyl (C=O) groups is 1. The summed E-state index contributed by atoms with van der Waals surface area (Å²) in [4.78, 5) is 10.4. The Balaban J connectivity index is 0. The van der Waals surface area contributed by atoms with Gasteiger partial charge in [0.25, 0.3) is 5.91 Å². The molecule has 0 unspecified atom stereocenters. The molecule has 1 heterocycles. The van der Waals surface area contributed by atoms with E-state index in [0.717, 1.165) is 6.08 Å². The monoisotopic (exact) mass is 243 g/mol. The third-order valence-electron chi connectivity index (χ3n) is 0.801. The second-order valence-corrected chi connectivity index (χ2v) is 3.04. The van der Waals surface area contributed by atoms with Crippen molar-refractivity contribution < 1.29 is 17.4 Å². The molecule has 0 aromatic rings. The Bertz CT molecular complexity index is 296. The van der Waals surface area contributed by atoms with Gasteiger partial charge in [0.1, 0.15) is 5.76 Å². The zero-order chi connectivity index (χ0) is 7.78. The summed E-state index contributed by atoms with van der Waals surface area (Å²) in [6.07, 6.45) is 1.06. The molecule has 0 radical (unpaired) electrons. The first-order valence-electron chi connectivity index (χ1n) is 2.44. The quantitative estimate of drug-likeness (QED) is 0.499. The van der Waals surface area contributed by atoms with E-state index in [0.29, 0.717) is 0 Å². The molecule has 0 saturated carbocycles. The molecule has 1 aliphatic heterocycles. The molecule has 0 aromatic heterocycles. The van der Waals surface area contributed by atoms with Gasteiger partial charge in [-0.1, -0.05) is 0 Å². The summed E-state index contributed by atoms with van der Waals surface area (Å²) < 4.78 is 26.8. The third kappa shape index (κ3) is 5.86. The number of allylic oxidation sites excluding steroid dienone is 1. The fourth-order valence-corrected chi connectivity index (χ4v) is 1.30. The van der Waals surface area contributed by atoms with Crippen molar-refractivity contribution in [1.29, 1.82) is 0 Å². The van der Waals surface area contributed by atoms with E-state index in [1.54, 1.807) is 4.72 Å². The molecule has 1 N–H and O–H groups in total. The Morgan fingerprint density at radius 1 is 1.42 bits per heavy atom. The summed E-state index contributed by atoms with van der Waals surface area (Å²) in [5.74, 6) is -0.604. The van der Waals surface area contributed by atoms with Gasteiger partial charge in [-0.15, -0.1) is 0 Å². The Labute approximate surface area is 156 Å². The fraction of sp³-hybridized carbons (Fsp3) is 0.250. The Kier molecular flexibility index (Phi) is 9.25. The van der Waals surface area contributed by atoms with Gasteiger partial charge in [0.2, 0.25) is 0 Å². The molecule has 0 aliphatic carbocycles. The second kappa shape index (κ2) is 6.67. The van der Waals surface area contributed by atoms with Crippen LogP contribution in [0, 0.1) is 0 Å². The summed E-state index contributed by atoms with van der Waals surface area (Å²) in [5.41, 5.74) is 0. The topological polar surface area (TPSA) is 72.5 Å². The average molecular weight is 243 g/mol. The summed E-state index contributed by atoms with van der Waals surface area (Å²) in [7, 11) is -3.85. The minimum absolute atomic E-state index is 0. The number of hydrogen-bond acceptors (Lipinski definition) is 4. The molecule has 1 rings (SSSR count). The molecule has 1 amide bonds. The Morgan fingerprint density at radius 3 is 2.25 bits per heavy atom. The zero-order valence-electron chi connectivity index (χ0n) is 5.12. The van der Waals surface area contributed by atoms with E-state index in [4.69, 9.17) is 0 Å². The molecular formula is C4H7K2NO4S. The second-order valence-electron chi connectivity index (χ2n) is 1.76. The van der Waals surface area contributed by atoms with Crippen LogP contribution in [0.2, 0.25) is 0 Å². The van der Waals surface area contributed by atoms with Gasteiger partial charge in [0, 0.05) is 6.08 Å². The van der Waals surface area contributed by atoms with Crippen LogP contribution in [-0.2, 0) is 19.3 Å². The molecule has 0 bridgehead atoms. The van der Waals surface area contributed by atoms with E-state index in [1.807, 2.05) is 0 Å². The third-order valence-corrected chi connectivity index (χ3v) is 1.73. The normalized spacial score (nSPS) is 18.8. The summed E-state index contributed by atoms with van der Waals surface area (Å²) >= 11 is 0. The molecule has 0 saturated heterocycles. The van der Waals surface area contributed by atoms with Crippen molar-refractivity contribution in [3.8, 4) is 0 Å². The van der Waals surface area contributed by atoms with Gasteiger partial charge in [-0.3, -0.25) is 4.79 Å². The van der Waals surface area contributed by atoms with Crippen LogP contribution in [-0.4, -0.2) is 117 Å². The molecule has 0 atom stereocenters. The van der Waals surface area contributed by atoms with Gasteiger partial charge in [0.15, 0.2) is 0 Å². The van der Waals surface area contributed by atoms with E-state index < -0.39 is 16.2 Å². The van der Waals surface area contributed by atoms with Gasteiger partial charge in [0.05, 0.1) is 0 Å². The maximum absolute atomic E-state index is 10.5. The molecule has 8 heteroatoms. The van der Waals surface area contributed by atoms with Crippen LogP contribution in [0.5, 0.6) is 0 Å². The first-order valence-corrected chi connectivity index (χ1v) is 3.85. The standard InChI is InChI=1S/C4H5NO4S.2K.2H/c1-3-2-4(6)5-10(7,8)9-3;;;;/h2H,1H3,(H,5,6);;;;. The van der Waals surface area contributed by atoms with Crippen LogP contribution in [0.1, 0.15) is 6.92 Å². The Hall–Kier alpha value is 2.23. The predicted octanol–water partition coefficient (Wildman–Crippen LogP) is -2.02. The van der Waals surface area contributed by atoms with Crippen LogP contribution in [0.4, 0.5) is 0 Å². The molecule has 60 valence electrons. The minimum atomic E-state index is -3.85. The van der Waals surface area contributed by atoms with E-state index in [1.165, 1.54) is 6.92 Å². The van der Waals surface area contributed by atoms with Crippen molar-refractivity contribution in [3.05, 3.63) is 11.8 Å². The number of hydrogen-bond donors (Lipinski definition) is 1. The first kappa shape index (κ1) is 16.7. The van der Waals surface area contributed by atoms with Crippen molar-refractivity contribution in [2.24, 2.45) is 0 Å². The van der Waals surface area contributed by atoms with Crippen LogP contribution < -0.4 is 4.72 Å². The molecule has 0 aromatic carbocycles. The number of amides is 1. The predicted molar refractivity (Wildman–Crippen MR) is 46.2 cm³/mol. The van der Waals surface area contributed by atoms with Gasteiger partial charge in [-0.25, -0.2) is 4.72 Å². The molecule has 12 heavy (non-hydrogen) atoms. The average Bonchev–Trinajstić information content (AvgIpc) is 1.54. The van der Waals surface area contributed by atoms with Gasteiger partial charge < -0.3 is 4.18 Å². The van der Waals surface area contributed by atoms with E-state index in [-0.39, 0.29) is 109 Å². The van der Waals surface area contributed by atoms with E-state index >= 15 is 0 Å². The van der Waals surface area contributed by atoms with Crippen LogP contribution >= 0.6 is 0 Å².